The van der Waals surface area contributed by atoms with Gasteiger partial charge >= 0.3 is 0 Å². The van der Waals surface area contributed by atoms with Gasteiger partial charge in [0.25, 0.3) is 0 Å². The van der Waals surface area contributed by atoms with Crippen LogP contribution < -0.4 is 0 Å². The van der Waals surface area contributed by atoms with Crippen LogP contribution in [-0.4, -0.2) is 10.7 Å². The van der Waals surface area contributed by atoms with E-state index in [2.05, 4.69) is 26.0 Å². The quantitative estimate of drug-likeness (QED) is 0.615. The first-order valence-electron chi connectivity index (χ1n) is 5.45. The minimum absolute atomic E-state index is 0.302. The van der Waals surface area contributed by atoms with Crippen LogP contribution in [0.25, 0.3) is 0 Å². The van der Waals surface area contributed by atoms with Crippen LogP contribution in [0.2, 0.25) is 0 Å². The van der Waals surface area contributed by atoms with E-state index in [0.29, 0.717) is 11.3 Å². The first-order chi connectivity index (χ1) is 6.02. The van der Waals surface area contributed by atoms with Crippen molar-refractivity contribution >= 4 is 0 Å². The smallest absolute Gasteiger partial charge is 0.0856 e. The normalized spacial score (nSPS) is 38.7. The highest BCUT2D eigenvalue weighted by Gasteiger charge is 2.41. The highest BCUT2D eigenvalue weighted by atomic mass is 16.3. The average Bonchev–Trinajstić information content (AvgIpc) is 1.93. The van der Waals surface area contributed by atoms with Crippen molar-refractivity contribution in [2.24, 2.45) is 11.3 Å². The fraction of sp³-hybridized carbons (Fsp3) is 0.833. The van der Waals surface area contributed by atoms with Gasteiger partial charge < -0.3 is 5.11 Å². The second-order valence-electron chi connectivity index (χ2n) is 5.44. The molecular weight excluding hydrogens is 160 g/mol. The maximum absolute atomic E-state index is 10.3. The summed E-state index contributed by atoms with van der Waals surface area (Å²) in [5.74, 6) is 0.555. The van der Waals surface area contributed by atoms with Gasteiger partial charge in [0.05, 0.1) is 5.60 Å². The molecule has 0 saturated heterocycles. The Balaban J connectivity index is 2.09. The maximum atomic E-state index is 10.3. The Labute approximate surface area is 80.8 Å². The monoisotopic (exact) mass is 180 g/mol. The number of allylic oxidation sites excluding steroid dienone is 1. The zero-order valence-corrected chi connectivity index (χ0v) is 8.71. The Morgan fingerprint density at radius 3 is 2.23 bits per heavy atom. The summed E-state index contributed by atoms with van der Waals surface area (Å²) < 4.78 is 0. The van der Waals surface area contributed by atoms with Crippen molar-refractivity contribution in [3.8, 4) is 0 Å². The molecule has 0 aromatic rings. The summed E-state index contributed by atoms with van der Waals surface area (Å²) >= 11 is 0. The zero-order valence-electron chi connectivity index (χ0n) is 8.71. The van der Waals surface area contributed by atoms with E-state index >= 15 is 0 Å². The van der Waals surface area contributed by atoms with Gasteiger partial charge in [-0.05, 0) is 37.0 Å². The fourth-order valence-corrected chi connectivity index (χ4v) is 2.31. The second-order valence-corrected chi connectivity index (χ2v) is 5.44. The lowest BCUT2D eigenvalue weighted by Crippen LogP contribution is -2.42. The van der Waals surface area contributed by atoms with Crippen molar-refractivity contribution in [1.82, 2.24) is 0 Å². The molecule has 0 amide bonds. The fourth-order valence-electron chi connectivity index (χ4n) is 2.31. The highest BCUT2D eigenvalue weighted by molar-refractivity contribution is 5.14. The molecule has 2 aliphatic carbocycles. The van der Waals surface area contributed by atoms with Crippen LogP contribution in [-0.2, 0) is 0 Å². The van der Waals surface area contributed by atoms with Gasteiger partial charge in [-0.25, -0.2) is 0 Å². The molecule has 0 radical (unpaired) electrons. The minimum atomic E-state index is -0.451. The molecule has 0 heterocycles. The van der Waals surface area contributed by atoms with Gasteiger partial charge in [0, 0.05) is 0 Å². The summed E-state index contributed by atoms with van der Waals surface area (Å²) in [7, 11) is 0. The first kappa shape index (κ1) is 9.26. The van der Waals surface area contributed by atoms with Gasteiger partial charge in [-0.1, -0.05) is 32.4 Å². The number of hydrogen-bond acceptors (Lipinski definition) is 1. The average molecular weight is 180 g/mol. The van der Waals surface area contributed by atoms with Gasteiger partial charge in [0.15, 0.2) is 0 Å². The second kappa shape index (κ2) is 2.84. The third-order valence-electron chi connectivity index (χ3n) is 3.81. The number of rotatable bonds is 1. The lowest BCUT2D eigenvalue weighted by atomic mass is 9.66. The SMILES string of the molecule is CC1(C)C=CC(O)(C2CCC2)CC1. The van der Waals surface area contributed by atoms with E-state index in [-0.39, 0.29) is 0 Å². The van der Waals surface area contributed by atoms with E-state index in [0.717, 1.165) is 12.8 Å². The van der Waals surface area contributed by atoms with Crippen LogP contribution in [0.1, 0.15) is 46.0 Å². The standard InChI is InChI=1S/C12H20O/c1-11(2)6-8-12(13,9-7-11)10-4-3-5-10/h6,8,10,13H,3-5,7,9H2,1-2H3. The summed E-state index contributed by atoms with van der Waals surface area (Å²) in [6, 6.07) is 0. The molecule has 0 aliphatic heterocycles. The molecule has 1 fully saturated rings. The molecule has 1 saturated carbocycles. The summed E-state index contributed by atoms with van der Waals surface area (Å²) in [4.78, 5) is 0. The van der Waals surface area contributed by atoms with Crippen molar-refractivity contribution in [2.75, 3.05) is 0 Å². The van der Waals surface area contributed by atoms with Gasteiger partial charge in [-0.2, -0.15) is 0 Å². The molecule has 1 N–H and O–H groups in total. The first-order valence-corrected chi connectivity index (χ1v) is 5.45. The predicted octanol–water partition coefficient (Wildman–Crippen LogP) is 2.89. The summed E-state index contributed by atoms with van der Waals surface area (Å²) in [5, 5.41) is 10.3. The van der Waals surface area contributed by atoms with Crippen molar-refractivity contribution in [3.63, 3.8) is 0 Å². The van der Waals surface area contributed by atoms with E-state index in [1.54, 1.807) is 0 Å². The van der Waals surface area contributed by atoms with E-state index in [1.165, 1.54) is 19.3 Å². The highest BCUT2D eigenvalue weighted by Crippen LogP contribution is 2.44. The third kappa shape index (κ3) is 1.67. The topological polar surface area (TPSA) is 20.2 Å². The molecule has 1 atom stereocenters. The Morgan fingerprint density at radius 1 is 1.15 bits per heavy atom. The summed E-state index contributed by atoms with van der Waals surface area (Å²) in [6.07, 6.45) is 10.1. The molecule has 1 heteroatoms. The van der Waals surface area contributed by atoms with Crippen LogP contribution in [0.15, 0.2) is 12.2 Å². The maximum Gasteiger partial charge on any atom is 0.0856 e. The zero-order chi connectivity index (χ0) is 9.53. The molecule has 13 heavy (non-hydrogen) atoms. The van der Waals surface area contributed by atoms with Crippen LogP contribution in [0.3, 0.4) is 0 Å². The lowest BCUT2D eigenvalue weighted by Gasteiger charge is -2.44. The Kier molecular flexibility index (Phi) is 2.03. The summed E-state index contributed by atoms with van der Waals surface area (Å²) in [6.45, 7) is 4.48. The lowest BCUT2D eigenvalue weighted by molar-refractivity contribution is -0.0280. The van der Waals surface area contributed by atoms with E-state index in [4.69, 9.17) is 0 Å². The Morgan fingerprint density at radius 2 is 1.85 bits per heavy atom. The van der Waals surface area contributed by atoms with E-state index in [1.807, 2.05) is 0 Å². The van der Waals surface area contributed by atoms with Crippen molar-refractivity contribution in [3.05, 3.63) is 12.2 Å². The van der Waals surface area contributed by atoms with Crippen LogP contribution in [0.4, 0.5) is 0 Å². The molecule has 0 spiro atoms. The molecule has 2 rings (SSSR count). The molecule has 0 aromatic carbocycles. The van der Waals surface area contributed by atoms with E-state index < -0.39 is 5.60 Å². The van der Waals surface area contributed by atoms with Crippen LogP contribution in [0.5, 0.6) is 0 Å². The van der Waals surface area contributed by atoms with Crippen LogP contribution >= 0.6 is 0 Å². The number of hydrogen-bond donors (Lipinski definition) is 1. The molecular formula is C12H20O. The molecule has 1 unspecified atom stereocenters. The predicted molar refractivity (Wildman–Crippen MR) is 54.4 cm³/mol. The number of aliphatic hydroxyl groups is 1. The van der Waals surface area contributed by atoms with Gasteiger partial charge in [0.1, 0.15) is 0 Å². The third-order valence-corrected chi connectivity index (χ3v) is 3.81. The molecule has 0 bridgehead atoms. The Bertz CT molecular complexity index is 225. The van der Waals surface area contributed by atoms with Gasteiger partial charge in [-0.3, -0.25) is 0 Å². The van der Waals surface area contributed by atoms with Crippen molar-refractivity contribution in [2.45, 2.75) is 51.6 Å². The minimum Gasteiger partial charge on any atom is -0.386 e. The Hall–Kier alpha value is -0.300. The molecule has 1 nitrogen and oxygen atoms in total. The molecule has 74 valence electrons. The van der Waals surface area contributed by atoms with Crippen molar-refractivity contribution in [1.29, 1.82) is 0 Å². The van der Waals surface area contributed by atoms with E-state index in [9.17, 15) is 5.11 Å². The van der Waals surface area contributed by atoms with Crippen LogP contribution in [0, 0.1) is 11.3 Å². The van der Waals surface area contributed by atoms with Gasteiger partial charge in [0.2, 0.25) is 0 Å². The van der Waals surface area contributed by atoms with Crippen molar-refractivity contribution < 1.29 is 5.11 Å². The molecule has 2 aliphatic rings. The van der Waals surface area contributed by atoms with Gasteiger partial charge in [-0.15, -0.1) is 0 Å². The summed E-state index contributed by atoms with van der Waals surface area (Å²) in [5.41, 5.74) is -0.149. The molecule has 0 aromatic heterocycles. The largest absolute Gasteiger partial charge is 0.386 e.